The molecule has 0 fully saturated rings. The molecular formula is C14H15Cl2FN2O2. The number of allylic oxidation sites excluding steroid dienone is 1. The molecule has 0 unspecified atom stereocenters. The van der Waals surface area contributed by atoms with E-state index >= 15 is 0 Å². The third kappa shape index (κ3) is 5.28. The van der Waals surface area contributed by atoms with E-state index < -0.39 is 5.82 Å². The maximum Gasteiger partial charge on any atom is 0.287 e. The lowest BCUT2D eigenvalue weighted by Crippen LogP contribution is -2.13. The highest BCUT2D eigenvalue weighted by atomic mass is 35.5. The Morgan fingerprint density at radius 3 is 2.71 bits per heavy atom. The van der Waals surface area contributed by atoms with Gasteiger partial charge in [0.25, 0.3) is 6.02 Å². The highest BCUT2D eigenvalue weighted by molar-refractivity contribution is 6.30. The summed E-state index contributed by atoms with van der Waals surface area (Å²) in [7, 11) is 1.37. The van der Waals surface area contributed by atoms with Gasteiger partial charge in [0, 0.05) is 5.57 Å². The van der Waals surface area contributed by atoms with E-state index in [2.05, 4.69) is 16.3 Å². The van der Waals surface area contributed by atoms with Crippen molar-refractivity contribution in [3.8, 4) is 0 Å². The molecule has 0 aliphatic heterocycles. The molecule has 0 bridgehead atoms. The van der Waals surface area contributed by atoms with Gasteiger partial charge in [0.1, 0.15) is 23.3 Å². The highest BCUT2D eigenvalue weighted by Gasteiger charge is 2.07. The van der Waals surface area contributed by atoms with Crippen LogP contribution in [0, 0.1) is 5.82 Å². The molecule has 0 heterocycles. The van der Waals surface area contributed by atoms with E-state index in [-0.39, 0.29) is 22.8 Å². The third-order valence-electron chi connectivity index (χ3n) is 2.54. The molecule has 0 aliphatic rings. The topological polar surface area (TPSA) is 56.8 Å². The average molecular weight is 333 g/mol. The van der Waals surface area contributed by atoms with Crippen molar-refractivity contribution < 1.29 is 13.9 Å². The van der Waals surface area contributed by atoms with Crippen molar-refractivity contribution in [1.29, 1.82) is 0 Å². The number of benzene rings is 1. The molecule has 1 aromatic rings. The fourth-order valence-corrected chi connectivity index (χ4v) is 1.56. The molecule has 114 valence electrons. The summed E-state index contributed by atoms with van der Waals surface area (Å²) < 4.78 is 23.4. The van der Waals surface area contributed by atoms with E-state index in [9.17, 15) is 4.39 Å². The van der Waals surface area contributed by atoms with Crippen LogP contribution in [0.3, 0.4) is 0 Å². The van der Waals surface area contributed by atoms with Crippen molar-refractivity contribution in [3.63, 3.8) is 0 Å². The number of nitrogens with zero attached hydrogens (tertiary/aromatic N) is 1. The van der Waals surface area contributed by atoms with Gasteiger partial charge in [0.05, 0.1) is 12.1 Å². The van der Waals surface area contributed by atoms with Crippen molar-refractivity contribution in [2.75, 3.05) is 7.11 Å². The van der Waals surface area contributed by atoms with Gasteiger partial charge in [-0.1, -0.05) is 35.8 Å². The number of aliphatic imine (C=N–C) groups is 1. The smallest absolute Gasteiger partial charge is 0.287 e. The minimum absolute atomic E-state index is 0.0566. The van der Waals surface area contributed by atoms with Gasteiger partial charge >= 0.3 is 0 Å². The van der Waals surface area contributed by atoms with E-state index in [1.807, 2.05) is 0 Å². The van der Waals surface area contributed by atoms with Crippen molar-refractivity contribution in [2.45, 2.75) is 13.5 Å². The lowest BCUT2D eigenvalue weighted by atomic mass is 10.2. The van der Waals surface area contributed by atoms with Gasteiger partial charge in [-0.15, -0.1) is 0 Å². The summed E-state index contributed by atoms with van der Waals surface area (Å²) in [4.78, 5) is 3.80. The molecule has 2 N–H and O–H groups in total. The maximum absolute atomic E-state index is 13.3. The van der Waals surface area contributed by atoms with Gasteiger partial charge in [-0.2, -0.15) is 4.99 Å². The number of hydrogen-bond acceptors (Lipinski definition) is 3. The monoisotopic (exact) mass is 332 g/mol. The molecule has 1 aromatic carbocycles. The molecule has 7 heteroatoms. The summed E-state index contributed by atoms with van der Waals surface area (Å²) in [6, 6.07) is 4.32. The van der Waals surface area contributed by atoms with Crippen molar-refractivity contribution in [2.24, 2.45) is 10.7 Å². The number of ether oxygens (including phenoxy) is 2. The average Bonchev–Trinajstić information content (AvgIpc) is 2.46. The van der Waals surface area contributed by atoms with E-state index in [4.69, 9.17) is 33.7 Å². The second-order valence-electron chi connectivity index (χ2n) is 4.03. The maximum atomic E-state index is 13.3. The van der Waals surface area contributed by atoms with Crippen LogP contribution in [0.2, 0.25) is 5.02 Å². The first-order chi connectivity index (χ1) is 9.85. The molecule has 0 radical (unpaired) electrons. The van der Waals surface area contributed by atoms with Crippen LogP contribution >= 0.6 is 23.2 Å². The number of hydrogen-bond donors (Lipinski definition) is 1. The summed E-state index contributed by atoms with van der Waals surface area (Å²) in [5.74, 6) is -0.214. The molecule has 1 rings (SSSR count). The molecular weight excluding hydrogens is 318 g/mol. The standard InChI is InChI=1S/C14H15Cl2FN2O2/c1-8(13(16)19-14(18)20-3)9(2)21-7-10-4-5-11(15)12(17)6-10/h4-6H,2,7H2,1,3H3,(H2,18,19)/b13-8-. The Hall–Kier alpha value is -1.72. The Morgan fingerprint density at radius 2 is 2.14 bits per heavy atom. The lowest BCUT2D eigenvalue weighted by Gasteiger charge is -2.10. The fourth-order valence-electron chi connectivity index (χ4n) is 1.25. The number of nitrogens with two attached hydrogens (primary N) is 1. The van der Waals surface area contributed by atoms with Crippen LogP contribution in [0.15, 0.2) is 46.3 Å². The molecule has 0 aliphatic carbocycles. The van der Waals surface area contributed by atoms with Gasteiger partial charge in [0.15, 0.2) is 0 Å². The number of amidine groups is 1. The highest BCUT2D eigenvalue weighted by Crippen LogP contribution is 2.21. The zero-order valence-electron chi connectivity index (χ0n) is 11.6. The number of halogens is 3. The van der Waals surface area contributed by atoms with Crippen LogP contribution in [0.5, 0.6) is 0 Å². The Kier molecular flexibility index (Phi) is 6.52. The molecule has 0 atom stereocenters. The predicted octanol–water partition coefficient (Wildman–Crippen LogP) is 3.94. The fraction of sp³-hybridized carbons (Fsp3) is 0.214. The summed E-state index contributed by atoms with van der Waals surface area (Å²) in [6.07, 6.45) is 0. The lowest BCUT2D eigenvalue weighted by molar-refractivity contribution is 0.207. The van der Waals surface area contributed by atoms with Crippen LogP contribution in [0.25, 0.3) is 0 Å². The first-order valence-electron chi connectivity index (χ1n) is 5.85. The summed E-state index contributed by atoms with van der Waals surface area (Å²) in [6.45, 7) is 5.52. The Morgan fingerprint density at radius 1 is 1.48 bits per heavy atom. The molecule has 0 aromatic heterocycles. The summed E-state index contributed by atoms with van der Waals surface area (Å²) >= 11 is 11.5. The SMILES string of the molecule is C=C(OCc1ccc(Cl)c(F)c1)/C(C)=C(Cl)\N=C(/N)OC. The zero-order valence-corrected chi connectivity index (χ0v) is 13.1. The van der Waals surface area contributed by atoms with E-state index in [0.29, 0.717) is 16.9 Å². The van der Waals surface area contributed by atoms with Crippen LogP contribution in [-0.4, -0.2) is 13.1 Å². The van der Waals surface area contributed by atoms with Crippen molar-refractivity contribution in [3.05, 3.63) is 57.7 Å². The van der Waals surface area contributed by atoms with Crippen LogP contribution in [-0.2, 0) is 16.1 Å². The molecule has 0 amide bonds. The molecule has 4 nitrogen and oxygen atoms in total. The van der Waals surface area contributed by atoms with E-state index in [1.165, 1.54) is 19.2 Å². The normalized spacial score (nSPS) is 12.7. The minimum Gasteiger partial charge on any atom is -0.489 e. The van der Waals surface area contributed by atoms with Crippen molar-refractivity contribution in [1.82, 2.24) is 0 Å². The number of rotatable bonds is 5. The van der Waals surface area contributed by atoms with Crippen LogP contribution in [0.4, 0.5) is 4.39 Å². The molecule has 21 heavy (non-hydrogen) atoms. The second-order valence-corrected chi connectivity index (χ2v) is 4.80. The Balaban J connectivity index is 2.72. The van der Waals surface area contributed by atoms with Gasteiger partial charge in [-0.3, -0.25) is 0 Å². The second kappa shape index (κ2) is 7.90. The van der Waals surface area contributed by atoms with Crippen LogP contribution < -0.4 is 5.73 Å². The van der Waals surface area contributed by atoms with Crippen molar-refractivity contribution >= 4 is 29.2 Å². The predicted molar refractivity (Wildman–Crippen MR) is 82.5 cm³/mol. The van der Waals surface area contributed by atoms with Crippen LogP contribution in [0.1, 0.15) is 12.5 Å². The third-order valence-corrected chi connectivity index (χ3v) is 3.22. The first kappa shape index (κ1) is 17.3. The first-order valence-corrected chi connectivity index (χ1v) is 6.61. The van der Waals surface area contributed by atoms with E-state index in [0.717, 1.165) is 0 Å². The number of methoxy groups -OCH3 is 1. The van der Waals surface area contributed by atoms with Gasteiger partial charge in [-0.25, -0.2) is 4.39 Å². The quantitative estimate of drug-likeness (QED) is 0.292. The Bertz CT molecular complexity index is 601. The summed E-state index contributed by atoms with van der Waals surface area (Å²) in [5, 5.41) is 0.155. The Labute approximate surface area is 132 Å². The summed E-state index contributed by atoms with van der Waals surface area (Å²) in [5.41, 5.74) is 6.50. The van der Waals surface area contributed by atoms with Gasteiger partial charge in [0.2, 0.25) is 0 Å². The molecule has 0 spiro atoms. The van der Waals surface area contributed by atoms with E-state index in [1.54, 1.807) is 13.0 Å². The largest absolute Gasteiger partial charge is 0.489 e. The zero-order chi connectivity index (χ0) is 16.0. The minimum atomic E-state index is -0.508. The molecule has 0 saturated carbocycles. The van der Waals surface area contributed by atoms with Gasteiger partial charge < -0.3 is 15.2 Å². The molecule has 0 saturated heterocycles. The van der Waals surface area contributed by atoms with Gasteiger partial charge in [-0.05, 0) is 24.6 Å².